The topological polar surface area (TPSA) is 9.23 Å². The van der Waals surface area contributed by atoms with Gasteiger partial charge in [-0.05, 0) is 6.42 Å². The Hall–Kier alpha value is 0.177. The number of unbranched alkanes of at least 4 members (excludes halogenated alkanes) is 5. The van der Waals surface area contributed by atoms with E-state index in [0.717, 1.165) is 12.8 Å². The lowest BCUT2D eigenvalue weighted by Crippen LogP contribution is -2.28. The molecule has 0 spiro atoms. The maximum Gasteiger partial charge on any atom is 0.0746 e. The molecule has 0 aliphatic rings. The van der Waals surface area contributed by atoms with Crippen molar-refractivity contribution >= 4 is 8.07 Å². The van der Waals surface area contributed by atoms with Gasteiger partial charge in [-0.25, -0.2) is 0 Å². The van der Waals surface area contributed by atoms with Gasteiger partial charge in [0.1, 0.15) is 0 Å². The molecule has 0 aliphatic carbocycles. The molecule has 0 radical (unpaired) electrons. The zero-order valence-corrected chi connectivity index (χ0v) is 11.6. The van der Waals surface area contributed by atoms with Gasteiger partial charge >= 0.3 is 0 Å². The summed E-state index contributed by atoms with van der Waals surface area (Å²) in [5, 5.41) is 0. The average molecular weight is 216 g/mol. The van der Waals surface area contributed by atoms with Crippen LogP contribution in [0.3, 0.4) is 0 Å². The largest absolute Gasteiger partial charge is 0.385 e. The molecule has 0 saturated carbocycles. The Labute approximate surface area is 91.2 Å². The van der Waals surface area contributed by atoms with E-state index < -0.39 is 8.07 Å². The second kappa shape index (κ2) is 8.48. The molecule has 0 saturated heterocycles. The summed E-state index contributed by atoms with van der Waals surface area (Å²) >= 11 is 0. The third kappa shape index (κ3) is 12.2. The Morgan fingerprint density at radius 1 is 0.857 bits per heavy atom. The first kappa shape index (κ1) is 14.2. The van der Waals surface area contributed by atoms with Crippen molar-refractivity contribution in [3.63, 3.8) is 0 Å². The van der Waals surface area contributed by atoms with Crippen molar-refractivity contribution in [1.29, 1.82) is 0 Å². The molecule has 0 aromatic heterocycles. The second-order valence-corrected chi connectivity index (χ2v) is 10.8. The van der Waals surface area contributed by atoms with Crippen molar-refractivity contribution < 1.29 is 4.74 Å². The third-order valence-corrected chi connectivity index (χ3v) is 3.25. The van der Waals surface area contributed by atoms with Gasteiger partial charge in [0.2, 0.25) is 0 Å². The lowest BCUT2D eigenvalue weighted by molar-refractivity contribution is 0.167. The Bertz CT molecular complexity index is 118. The first-order valence-electron chi connectivity index (χ1n) is 6.14. The first-order valence-corrected chi connectivity index (χ1v) is 9.85. The molecule has 0 fully saturated rings. The molecule has 1 nitrogen and oxygen atoms in total. The number of hydrogen-bond acceptors (Lipinski definition) is 1. The summed E-state index contributed by atoms with van der Waals surface area (Å²) in [6.45, 7) is 10.3. The summed E-state index contributed by atoms with van der Waals surface area (Å²) in [4.78, 5) is 0. The van der Waals surface area contributed by atoms with E-state index >= 15 is 0 Å². The van der Waals surface area contributed by atoms with Gasteiger partial charge in [0.15, 0.2) is 0 Å². The van der Waals surface area contributed by atoms with Crippen LogP contribution in [0.2, 0.25) is 19.6 Å². The van der Waals surface area contributed by atoms with Crippen molar-refractivity contribution in [2.24, 2.45) is 0 Å². The van der Waals surface area contributed by atoms with E-state index in [4.69, 9.17) is 4.74 Å². The van der Waals surface area contributed by atoms with Crippen LogP contribution in [0.25, 0.3) is 0 Å². The van der Waals surface area contributed by atoms with Crippen LogP contribution in [0.15, 0.2) is 0 Å². The number of rotatable bonds is 9. The monoisotopic (exact) mass is 216 g/mol. The van der Waals surface area contributed by atoms with Crippen LogP contribution < -0.4 is 0 Å². The van der Waals surface area contributed by atoms with Crippen LogP contribution in [-0.4, -0.2) is 20.9 Å². The highest BCUT2D eigenvalue weighted by atomic mass is 28.3. The fraction of sp³-hybridized carbons (Fsp3) is 1.00. The molecule has 0 atom stereocenters. The summed E-state index contributed by atoms with van der Waals surface area (Å²) in [7, 11) is -0.961. The molecular weight excluding hydrogens is 188 g/mol. The highest BCUT2D eigenvalue weighted by Gasteiger charge is 2.12. The molecular formula is C12H28OSi. The van der Waals surface area contributed by atoms with E-state index in [-0.39, 0.29) is 0 Å². The highest BCUT2D eigenvalue weighted by molar-refractivity contribution is 6.76. The standard InChI is InChI=1S/C12H28OSi/c1-5-6-7-8-9-10-11-13-12-14(2,3)4/h5-12H2,1-4H3. The fourth-order valence-corrected chi connectivity index (χ4v) is 2.12. The van der Waals surface area contributed by atoms with Crippen LogP contribution >= 0.6 is 0 Å². The van der Waals surface area contributed by atoms with Crippen LogP contribution in [0.1, 0.15) is 45.4 Å². The van der Waals surface area contributed by atoms with Crippen LogP contribution in [0.5, 0.6) is 0 Å². The van der Waals surface area contributed by atoms with Crippen molar-refractivity contribution in [2.75, 3.05) is 12.8 Å². The van der Waals surface area contributed by atoms with E-state index in [1.165, 1.54) is 38.5 Å². The summed E-state index contributed by atoms with van der Waals surface area (Å²) in [5.41, 5.74) is 0. The van der Waals surface area contributed by atoms with E-state index in [0.29, 0.717) is 0 Å². The zero-order chi connectivity index (χ0) is 10.9. The maximum atomic E-state index is 5.67. The average Bonchev–Trinajstić information content (AvgIpc) is 2.08. The minimum atomic E-state index is -0.961. The smallest absolute Gasteiger partial charge is 0.0746 e. The summed E-state index contributed by atoms with van der Waals surface area (Å²) in [5.74, 6) is 0. The van der Waals surface area contributed by atoms with Crippen molar-refractivity contribution in [3.8, 4) is 0 Å². The molecule has 14 heavy (non-hydrogen) atoms. The predicted molar refractivity (Wildman–Crippen MR) is 67.5 cm³/mol. The third-order valence-electron chi connectivity index (χ3n) is 2.18. The summed E-state index contributed by atoms with van der Waals surface area (Å²) in [6.07, 6.45) is 9.18. The van der Waals surface area contributed by atoms with Crippen molar-refractivity contribution in [2.45, 2.75) is 65.1 Å². The van der Waals surface area contributed by atoms with Crippen molar-refractivity contribution in [3.05, 3.63) is 0 Å². The molecule has 0 N–H and O–H groups in total. The molecule has 0 heterocycles. The van der Waals surface area contributed by atoms with Gasteiger partial charge in [0.25, 0.3) is 0 Å². The second-order valence-electron chi connectivity index (χ2n) is 5.38. The molecule has 0 aromatic carbocycles. The van der Waals surface area contributed by atoms with Crippen LogP contribution in [0, 0.1) is 0 Å². The van der Waals surface area contributed by atoms with Crippen molar-refractivity contribution in [1.82, 2.24) is 0 Å². The van der Waals surface area contributed by atoms with E-state index in [9.17, 15) is 0 Å². The zero-order valence-electron chi connectivity index (χ0n) is 10.6. The molecule has 0 aromatic rings. The van der Waals surface area contributed by atoms with Gasteiger partial charge in [-0.15, -0.1) is 0 Å². The minimum Gasteiger partial charge on any atom is -0.385 e. The minimum absolute atomic E-state index is 0.961. The van der Waals surface area contributed by atoms with Gasteiger partial charge < -0.3 is 4.74 Å². The van der Waals surface area contributed by atoms with Gasteiger partial charge in [-0.1, -0.05) is 58.7 Å². The van der Waals surface area contributed by atoms with Gasteiger partial charge in [-0.2, -0.15) is 0 Å². The molecule has 0 amide bonds. The Balaban J connectivity index is 2.99. The van der Waals surface area contributed by atoms with E-state index in [2.05, 4.69) is 26.6 Å². The fourth-order valence-electron chi connectivity index (χ4n) is 1.36. The summed E-state index contributed by atoms with van der Waals surface area (Å²) in [6, 6.07) is 0. The molecule has 0 unspecified atom stereocenters. The van der Waals surface area contributed by atoms with E-state index in [1.807, 2.05) is 0 Å². The quantitative estimate of drug-likeness (QED) is 0.414. The van der Waals surface area contributed by atoms with Gasteiger partial charge in [0, 0.05) is 12.8 Å². The Morgan fingerprint density at radius 2 is 1.43 bits per heavy atom. The number of ether oxygens (including phenoxy) is 1. The maximum absolute atomic E-state index is 5.67. The lowest BCUT2D eigenvalue weighted by Gasteiger charge is -2.15. The van der Waals surface area contributed by atoms with Crippen LogP contribution in [0.4, 0.5) is 0 Å². The first-order chi connectivity index (χ1) is 6.56. The molecule has 0 aliphatic heterocycles. The SMILES string of the molecule is CCCCCCCCOC[Si](C)(C)C. The normalized spacial score (nSPS) is 12.0. The highest BCUT2D eigenvalue weighted by Crippen LogP contribution is 2.06. The molecule has 2 heteroatoms. The predicted octanol–water partition coefficient (Wildman–Crippen LogP) is 4.24. The molecule has 0 rings (SSSR count). The van der Waals surface area contributed by atoms with Gasteiger partial charge in [0.05, 0.1) is 8.07 Å². The van der Waals surface area contributed by atoms with Gasteiger partial charge in [-0.3, -0.25) is 0 Å². The lowest BCUT2D eigenvalue weighted by atomic mass is 10.1. The van der Waals surface area contributed by atoms with Crippen LogP contribution in [-0.2, 0) is 4.74 Å². The summed E-state index contributed by atoms with van der Waals surface area (Å²) < 4.78 is 5.67. The number of hydrogen-bond donors (Lipinski definition) is 0. The van der Waals surface area contributed by atoms with E-state index in [1.54, 1.807) is 0 Å². The Morgan fingerprint density at radius 3 is 2.00 bits per heavy atom. The Kier molecular flexibility index (Phi) is 8.59. The molecule has 0 bridgehead atoms. The molecule has 86 valence electrons.